The van der Waals surface area contributed by atoms with Gasteiger partial charge in [-0.05, 0) is 43.3 Å². The van der Waals surface area contributed by atoms with Crippen molar-refractivity contribution in [3.05, 3.63) is 70.3 Å². The molecule has 0 saturated carbocycles. The summed E-state index contributed by atoms with van der Waals surface area (Å²) in [5.41, 5.74) is 5.08. The van der Waals surface area contributed by atoms with Gasteiger partial charge in [-0.2, -0.15) is 0 Å². The van der Waals surface area contributed by atoms with Crippen molar-refractivity contribution in [3.63, 3.8) is 0 Å². The number of para-hydroxylation sites is 1. The molecule has 3 aromatic rings. The first-order chi connectivity index (χ1) is 14.9. The normalized spacial score (nSPS) is 11.8. The fourth-order valence-electron chi connectivity index (χ4n) is 2.90. The molecule has 0 aliphatic heterocycles. The minimum Gasteiger partial charge on any atom is -0.383 e. The number of hydrazine groups is 1. The number of carbonyl (C=O) groups is 2. The third-order valence-electron chi connectivity index (χ3n) is 4.38. The zero-order valence-electron chi connectivity index (χ0n) is 16.9. The van der Waals surface area contributed by atoms with E-state index in [-0.39, 0.29) is 22.9 Å². The predicted molar refractivity (Wildman–Crippen MR) is 115 cm³/mol. The van der Waals surface area contributed by atoms with Crippen LogP contribution < -0.4 is 16.4 Å². The topological polar surface area (TPSA) is 102 Å². The molecule has 0 aliphatic carbocycles. The molecular formula is C21H21FN4O4S. The molecule has 2 aromatic carbocycles. The van der Waals surface area contributed by atoms with Gasteiger partial charge in [-0.25, -0.2) is 9.37 Å². The summed E-state index contributed by atoms with van der Waals surface area (Å²) in [6, 6.07) is 11.6. The summed E-state index contributed by atoms with van der Waals surface area (Å²) in [5.74, 6) is -1.62. The molecule has 0 fully saturated rings. The second-order valence-corrected chi connectivity index (χ2v) is 7.63. The smallest absolute Gasteiger partial charge is 0.269 e. The average molecular weight is 444 g/mol. The number of fused-ring (bicyclic) bond motifs is 1. The molecule has 0 spiro atoms. The molecule has 1 heterocycles. The molecule has 31 heavy (non-hydrogen) atoms. The lowest BCUT2D eigenvalue weighted by Crippen LogP contribution is -2.42. The van der Waals surface area contributed by atoms with Gasteiger partial charge in [0.05, 0.1) is 29.3 Å². The summed E-state index contributed by atoms with van der Waals surface area (Å²) in [4.78, 5) is 41.7. The van der Waals surface area contributed by atoms with Crippen LogP contribution in [0.4, 0.5) is 4.39 Å². The van der Waals surface area contributed by atoms with Crippen LogP contribution in [0.3, 0.4) is 0 Å². The second kappa shape index (κ2) is 10.2. The van der Waals surface area contributed by atoms with Crippen LogP contribution in [0, 0.1) is 5.82 Å². The van der Waals surface area contributed by atoms with E-state index >= 15 is 0 Å². The Hall–Kier alpha value is -3.24. The lowest BCUT2D eigenvalue weighted by atomic mass is 10.2. The fourth-order valence-corrected chi connectivity index (χ4v) is 3.80. The number of methoxy groups -OCH3 is 1. The minimum absolute atomic E-state index is 0.0891. The number of hydrogen-bond donors (Lipinski definition) is 2. The van der Waals surface area contributed by atoms with E-state index in [4.69, 9.17) is 4.74 Å². The maximum Gasteiger partial charge on any atom is 0.269 e. The molecular weight excluding hydrogens is 423 g/mol. The second-order valence-electron chi connectivity index (χ2n) is 6.69. The molecule has 2 amide bonds. The summed E-state index contributed by atoms with van der Waals surface area (Å²) in [6.45, 7) is 2.13. The molecule has 10 heteroatoms. The van der Waals surface area contributed by atoms with E-state index in [2.05, 4.69) is 15.8 Å². The van der Waals surface area contributed by atoms with E-state index < -0.39 is 17.6 Å². The fraction of sp³-hybridized carbons (Fsp3) is 0.238. The first-order valence-electron chi connectivity index (χ1n) is 9.38. The number of nitrogens with zero attached hydrogens (tertiary/aromatic N) is 2. The maximum absolute atomic E-state index is 13.0. The maximum atomic E-state index is 13.0. The number of aromatic nitrogens is 2. The van der Waals surface area contributed by atoms with Gasteiger partial charge in [0.15, 0.2) is 5.16 Å². The first kappa shape index (κ1) is 22.4. The van der Waals surface area contributed by atoms with Crippen LogP contribution in [0.25, 0.3) is 10.9 Å². The van der Waals surface area contributed by atoms with Crippen LogP contribution in [0.1, 0.15) is 23.3 Å². The summed E-state index contributed by atoms with van der Waals surface area (Å²) in [6.07, 6.45) is 0. The third-order valence-corrected chi connectivity index (χ3v) is 5.33. The van der Waals surface area contributed by atoms with Gasteiger partial charge < -0.3 is 4.74 Å². The van der Waals surface area contributed by atoms with E-state index in [9.17, 15) is 18.8 Å². The Morgan fingerprint density at radius 3 is 2.58 bits per heavy atom. The van der Waals surface area contributed by atoms with Crippen molar-refractivity contribution in [2.24, 2.45) is 0 Å². The number of ether oxygens (including phenoxy) is 1. The average Bonchev–Trinajstić information content (AvgIpc) is 2.76. The molecule has 3 rings (SSSR count). The van der Waals surface area contributed by atoms with Gasteiger partial charge in [-0.3, -0.25) is 29.8 Å². The van der Waals surface area contributed by atoms with Crippen molar-refractivity contribution >= 4 is 34.5 Å². The highest BCUT2D eigenvalue weighted by Crippen LogP contribution is 2.21. The van der Waals surface area contributed by atoms with Gasteiger partial charge in [-0.15, -0.1) is 0 Å². The van der Waals surface area contributed by atoms with Crippen LogP contribution in [0.2, 0.25) is 0 Å². The van der Waals surface area contributed by atoms with E-state index in [1.807, 2.05) is 6.92 Å². The summed E-state index contributed by atoms with van der Waals surface area (Å²) in [7, 11) is 1.54. The lowest BCUT2D eigenvalue weighted by Gasteiger charge is -2.18. The standard InChI is InChI=1S/C21H21FN4O4S/c1-13(11-30-2)26-20(29)16-5-3-4-6-17(16)23-21(26)31-12-18(27)24-25-19(28)14-7-9-15(22)10-8-14/h3-10,13H,11-12H2,1-2H3,(H,24,27)(H,25,28)/t13-/m1/s1. The molecule has 2 N–H and O–H groups in total. The highest BCUT2D eigenvalue weighted by Gasteiger charge is 2.18. The first-order valence-corrected chi connectivity index (χ1v) is 10.4. The number of benzene rings is 2. The van der Waals surface area contributed by atoms with Crippen molar-refractivity contribution in [2.75, 3.05) is 19.5 Å². The van der Waals surface area contributed by atoms with Gasteiger partial charge in [0.25, 0.3) is 11.5 Å². The van der Waals surface area contributed by atoms with E-state index in [0.717, 1.165) is 23.9 Å². The Labute approximate surface area is 181 Å². The SMILES string of the molecule is COC[C@@H](C)n1c(SCC(=O)NNC(=O)c2ccc(F)cc2)nc2ccccc2c1=O. The van der Waals surface area contributed by atoms with Gasteiger partial charge in [0.2, 0.25) is 5.91 Å². The molecule has 1 aromatic heterocycles. The van der Waals surface area contributed by atoms with Crippen molar-refractivity contribution in [2.45, 2.75) is 18.1 Å². The lowest BCUT2D eigenvalue weighted by molar-refractivity contribution is -0.119. The number of hydrogen-bond acceptors (Lipinski definition) is 6. The summed E-state index contributed by atoms with van der Waals surface area (Å²) >= 11 is 1.07. The van der Waals surface area contributed by atoms with Crippen LogP contribution in [-0.4, -0.2) is 40.8 Å². The minimum atomic E-state index is -0.576. The molecule has 0 aliphatic rings. The molecule has 0 radical (unpaired) electrons. The van der Waals surface area contributed by atoms with Gasteiger partial charge in [0, 0.05) is 12.7 Å². The van der Waals surface area contributed by atoms with Crippen LogP contribution >= 0.6 is 11.8 Å². The highest BCUT2D eigenvalue weighted by atomic mass is 32.2. The zero-order valence-corrected chi connectivity index (χ0v) is 17.7. The van der Waals surface area contributed by atoms with Gasteiger partial charge in [0.1, 0.15) is 5.82 Å². The molecule has 1 atom stereocenters. The van der Waals surface area contributed by atoms with Gasteiger partial charge in [-0.1, -0.05) is 23.9 Å². The summed E-state index contributed by atoms with van der Waals surface area (Å²) in [5, 5.41) is 0.846. The van der Waals surface area contributed by atoms with Crippen LogP contribution in [0.5, 0.6) is 0 Å². The summed E-state index contributed by atoms with van der Waals surface area (Å²) < 4.78 is 19.6. The zero-order chi connectivity index (χ0) is 22.4. The number of amides is 2. The van der Waals surface area contributed by atoms with Crippen molar-refractivity contribution in [1.82, 2.24) is 20.4 Å². The Kier molecular flexibility index (Phi) is 7.37. The van der Waals surface area contributed by atoms with Gasteiger partial charge >= 0.3 is 0 Å². The Morgan fingerprint density at radius 2 is 1.87 bits per heavy atom. The molecule has 0 saturated heterocycles. The molecule has 8 nitrogen and oxygen atoms in total. The van der Waals surface area contributed by atoms with E-state index in [0.29, 0.717) is 22.7 Å². The Bertz CT molecular complexity index is 1150. The number of thioether (sulfide) groups is 1. The molecule has 162 valence electrons. The predicted octanol–water partition coefficient (Wildman–Crippen LogP) is 2.30. The number of carbonyl (C=O) groups excluding carboxylic acids is 2. The molecule has 0 bridgehead atoms. The largest absolute Gasteiger partial charge is 0.383 e. The number of rotatable bonds is 7. The highest BCUT2D eigenvalue weighted by molar-refractivity contribution is 7.99. The Morgan fingerprint density at radius 1 is 1.16 bits per heavy atom. The van der Waals surface area contributed by atoms with E-state index in [1.165, 1.54) is 16.7 Å². The van der Waals surface area contributed by atoms with Crippen molar-refractivity contribution in [3.8, 4) is 0 Å². The number of nitrogens with one attached hydrogen (secondary N) is 2. The monoisotopic (exact) mass is 444 g/mol. The molecule has 0 unspecified atom stereocenters. The quantitative estimate of drug-likeness (QED) is 0.329. The van der Waals surface area contributed by atoms with Crippen molar-refractivity contribution < 1.29 is 18.7 Å². The van der Waals surface area contributed by atoms with Crippen LogP contribution in [0.15, 0.2) is 58.5 Å². The van der Waals surface area contributed by atoms with E-state index in [1.54, 1.807) is 31.4 Å². The Balaban J connectivity index is 1.71. The third kappa shape index (κ3) is 5.47. The van der Waals surface area contributed by atoms with Crippen molar-refractivity contribution in [1.29, 1.82) is 0 Å². The van der Waals surface area contributed by atoms with Crippen LogP contribution in [-0.2, 0) is 9.53 Å². The number of halogens is 1.